The Morgan fingerprint density at radius 3 is 2.00 bits per heavy atom. The second-order valence-corrected chi connectivity index (χ2v) is 4.42. The molecule has 0 amide bonds. The van der Waals surface area contributed by atoms with Crippen LogP contribution in [0.15, 0.2) is 36.4 Å². The minimum absolute atomic E-state index is 0.583. The van der Waals surface area contributed by atoms with Crippen molar-refractivity contribution >= 4 is 17.8 Å². The molecular weight excluding hydrogens is 266 g/mol. The maximum absolute atomic E-state index is 5.67. The molecule has 0 saturated heterocycles. The lowest BCUT2D eigenvalue weighted by Gasteiger charge is -2.14. The quantitative estimate of drug-likeness (QED) is 0.675. The number of anilines is 1. The van der Waals surface area contributed by atoms with Crippen molar-refractivity contribution in [2.45, 2.75) is 0 Å². The molecule has 0 radical (unpaired) electrons. The molecule has 0 aliphatic carbocycles. The highest BCUT2D eigenvalue weighted by Crippen LogP contribution is 2.40. The Morgan fingerprint density at radius 1 is 0.762 bits per heavy atom. The van der Waals surface area contributed by atoms with Gasteiger partial charge in [-0.05, 0) is 29.8 Å². The normalized spacial score (nSPS) is 10.6. The maximum atomic E-state index is 5.67. The molecule has 0 bridgehead atoms. The third-order valence-electron chi connectivity index (χ3n) is 3.13. The second-order valence-electron chi connectivity index (χ2n) is 4.42. The monoisotopic (exact) mass is 285 g/mol. The SMILES string of the molecule is COc1ccc(/C=C/c2ccc(N)cc2)c(OC)c1OC. The first-order valence-corrected chi connectivity index (χ1v) is 6.52. The van der Waals surface area contributed by atoms with Gasteiger partial charge in [0, 0.05) is 11.3 Å². The topological polar surface area (TPSA) is 53.7 Å². The lowest BCUT2D eigenvalue weighted by Crippen LogP contribution is -1.96. The molecule has 2 aromatic carbocycles. The van der Waals surface area contributed by atoms with E-state index in [0.717, 1.165) is 16.8 Å². The molecule has 2 N–H and O–H groups in total. The van der Waals surface area contributed by atoms with E-state index >= 15 is 0 Å². The Morgan fingerprint density at radius 2 is 1.43 bits per heavy atom. The minimum atomic E-state index is 0.583. The molecule has 0 aliphatic rings. The summed E-state index contributed by atoms with van der Waals surface area (Å²) in [6, 6.07) is 11.4. The first-order chi connectivity index (χ1) is 10.2. The fraction of sp³-hybridized carbons (Fsp3) is 0.176. The molecular formula is C17H19NO3. The fourth-order valence-electron chi connectivity index (χ4n) is 2.05. The van der Waals surface area contributed by atoms with Gasteiger partial charge in [0.15, 0.2) is 11.5 Å². The van der Waals surface area contributed by atoms with Gasteiger partial charge in [0.1, 0.15) is 0 Å². The fourth-order valence-corrected chi connectivity index (χ4v) is 2.05. The van der Waals surface area contributed by atoms with Crippen LogP contribution in [0.2, 0.25) is 0 Å². The molecule has 2 aromatic rings. The van der Waals surface area contributed by atoms with E-state index in [-0.39, 0.29) is 0 Å². The highest BCUT2D eigenvalue weighted by Gasteiger charge is 2.13. The summed E-state index contributed by atoms with van der Waals surface area (Å²) >= 11 is 0. The molecule has 4 nitrogen and oxygen atoms in total. The van der Waals surface area contributed by atoms with Crippen molar-refractivity contribution in [2.75, 3.05) is 27.1 Å². The van der Waals surface area contributed by atoms with E-state index in [2.05, 4.69) is 0 Å². The molecule has 0 aliphatic heterocycles. The van der Waals surface area contributed by atoms with Crippen LogP contribution in [-0.4, -0.2) is 21.3 Å². The predicted molar refractivity (Wildman–Crippen MR) is 85.9 cm³/mol. The molecule has 0 spiro atoms. The zero-order valence-electron chi connectivity index (χ0n) is 12.4. The van der Waals surface area contributed by atoms with Gasteiger partial charge in [-0.15, -0.1) is 0 Å². The third kappa shape index (κ3) is 3.28. The average Bonchev–Trinajstić information content (AvgIpc) is 2.53. The van der Waals surface area contributed by atoms with E-state index in [1.165, 1.54) is 0 Å². The zero-order chi connectivity index (χ0) is 15.2. The molecule has 4 heteroatoms. The number of rotatable bonds is 5. The summed E-state index contributed by atoms with van der Waals surface area (Å²) in [4.78, 5) is 0. The third-order valence-corrected chi connectivity index (χ3v) is 3.13. The smallest absolute Gasteiger partial charge is 0.203 e. The molecule has 0 fully saturated rings. The van der Waals surface area contributed by atoms with E-state index in [1.807, 2.05) is 48.6 Å². The number of nitrogen functional groups attached to an aromatic ring is 1. The zero-order valence-corrected chi connectivity index (χ0v) is 12.4. The number of hydrogen-bond donors (Lipinski definition) is 1. The lowest BCUT2D eigenvalue weighted by molar-refractivity contribution is 0.324. The van der Waals surface area contributed by atoms with Crippen molar-refractivity contribution in [3.05, 3.63) is 47.5 Å². The number of benzene rings is 2. The molecule has 0 aromatic heterocycles. The van der Waals surface area contributed by atoms with Crippen LogP contribution >= 0.6 is 0 Å². The highest BCUT2D eigenvalue weighted by atomic mass is 16.5. The van der Waals surface area contributed by atoms with Crippen molar-refractivity contribution in [1.82, 2.24) is 0 Å². The van der Waals surface area contributed by atoms with Gasteiger partial charge in [0.2, 0.25) is 5.75 Å². The Labute approximate surface area is 124 Å². The summed E-state index contributed by atoms with van der Waals surface area (Å²) in [5, 5.41) is 0. The molecule has 0 heterocycles. The standard InChI is InChI=1S/C17H19NO3/c1-19-15-11-8-13(16(20-2)17(15)21-3)7-4-12-5-9-14(18)10-6-12/h4-11H,18H2,1-3H3/b7-4+. The number of ether oxygens (including phenoxy) is 3. The van der Waals surface area contributed by atoms with Crippen molar-refractivity contribution in [3.8, 4) is 17.2 Å². The van der Waals surface area contributed by atoms with Crippen molar-refractivity contribution in [2.24, 2.45) is 0 Å². The van der Waals surface area contributed by atoms with Gasteiger partial charge in [0.25, 0.3) is 0 Å². The Bertz CT molecular complexity index is 633. The van der Waals surface area contributed by atoms with Gasteiger partial charge in [-0.3, -0.25) is 0 Å². The van der Waals surface area contributed by atoms with Gasteiger partial charge in [-0.25, -0.2) is 0 Å². The van der Waals surface area contributed by atoms with Gasteiger partial charge >= 0.3 is 0 Å². The van der Waals surface area contributed by atoms with Crippen LogP contribution in [0.1, 0.15) is 11.1 Å². The molecule has 0 saturated carbocycles. The van der Waals surface area contributed by atoms with Crippen molar-refractivity contribution < 1.29 is 14.2 Å². The van der Waals surface area contributed by atoms with Crippen LogP contribution in [0, 0.1) is 0 Å². The first-order valence-electron chi connectivity index (χ1n) is 6.52. The van der Waals surface area contributed by atoms with E-state index < -0.39 is 0 Å². The first kappa shape index (κ1) is 14.8. The molecule has 0 unspecified atom stereocenters. The van der Waals surface area contributed by atoms with E-state index in [4.69, 9.17) is 19.9 Å². The van der Waals surface area contributed by atoms with E-state index in [1.54, 1.807) is 21.3 Å². The summed E-state index contributed by atoms with van der Waals surface area (Å²) in [6.45, 7) is 0. The van der Waals surface area contributed by atoms with E-state index in [0.29, 0.717) is 17.2 Å². The van der Waals surface area contributed by atoms with Gasteiger partial charge < -0.3 is 19.9 Å². The van der Waals surface area contributed by atoms with Crippen LogP contribution in [0.5, 0.6) is 17.2 Å². The predicted octanol–water partition coefficient (Wildman–Crippen LogP) is 3.47. The minimum Gasteiger partial charge on any atom is -0.493 e. The number of hydrogen-bond acceptors (Lipinski definition) is 4. The molecule has 21 heavy (non-hydrogen) atoms. The summed E-state index contributed by atoms with van der Waals surface area (Å²) in [6.07, 6.45) is 3.95. The van der Waals surface area contributed by atoms with Crippen molar-refractivity contribution in [1.29, 1.82) is 0 Å². The number of methoxy groups -OCH3 is 3. The van der Waals surface area contributed by atoms with Crippen molar-refractivity contribution in [3.63, 3.8) is 0 Å². The molecule has 110 valence electrons. The summed E-state index contributed by atoms with van der Waals surface area (Å²) in [5.74, 6) is 1.86. The lowest BCUT2D eigenvalue weighted by atomic mass is 10.1. The number of nitrogens with two attached hydrogens (primary N) is 1. The second kappa shape index (κ2) is 6.70. The van der Waals surface area contributed by atoms with Gasteiger partial charge in [-0.1, -0.05) is 24.3 Å². The Kier molecular flexibility index (Phi) is 4.72. The van der Waals surface area contributed by atoms with Gasteiger partial charge in [0.05, 0.1) is 21.3 Å². The van der Waals surface area contributed by atoms with Crippen LogP contribution in [0.3, 0.4) is 0 Å². The largest absolute Gasteiger partial charge is 0.493 e. The summed E-state index contributed by atoms with van der Waals surface area (Å²) in [7, 11) is 4.80. The summed E-state index contributed by atoms with van der Waals surface area (Å²) in [5.41, 5.74) is 8.39. The Hall–Kier alpha value is -2.62. The highest BCUT2D eigenvalue weighted by molar-refractivity contribution is 5.76. The Balaban J connectivity index is 2.37. The van der Waals surface area contributed by atoms with Crippen LogP contribution in [0.25, 0.3) is 12.2 Å². The summed E-state index contributed by atoms with van der Waals surface area (Å²) < 4.78 is 16.1. The molecule has 2 rings (SSSR count). The van der Waals surface area contributed by atoms with Crippen LogP contribution < -0.4 is 19.9 Å². The van der Waals surface area contributed by atoms with Gasteiger partial charge in [-0.2, -0.15) is 0 Å². The van der Waals surface area contributed by atoms with Crippen LogP contribution in [0.4, 0.5) is 5.69 Å². The molecule has 0 atom stereocenters. The average molecular weight is 285 g/mol. The maximum Gasteiger partial charge on any atom is 0.203 e. The van der Waals surface area contributed by atoms with E-state index in [9.17, 15) is 0 Å². The van der Waals surface area contributed by atoms with Crippen LogP contribution in [-0.2, 0) is 0 Å².